The SMILES string of the molecule is CCn1nc(C)c(N)c1NCC1(C)CCN(C)CC1. The number of hydrogen-bond donors (Lipinski definition) is 2. The summed E-state index contributed by atoms with van der Waals surface area (Å²) in [6.45, 7) is 10.6. The maximum Gasteiger partial charge on any atom is 0.148 e. The number of anilines is 2. The van der Waals surface area contributed by atoms with E-state index in [9.17, 15) is 0 Å². The molecular formula is C14H27N5. The lowest BCUT2D eigenvalue weighted by Gasteiger charge is -2.38. The van der Waals surface area contributed by atoms with Crippen molar-refractivity contribution >= 4 is 11.5 Å². The number of rotatable bonds is 4. The summed E-state index contributed by atoms with van der Waals surface area (Å²) in [4.78, 5) is 2.40. The van der Waals surface area contributed by atoms with Gasteiger partial charge in [-0.3, -0.25) is 0 Å². The molecule has 1 aromatic rings. The molecule has 5 heteroatoms. The van der Waals surface area contributed by atoms with Gasteiger partial charge in [-0.1, -0.05) is 6.92 Å². The van der Waals surface area contributed by atoms with Gasteiger partial charge >= 0.3 is 0 Å². The highest BCUT2D eigenvalue weighted by Crippen LogP contribution is 2.32. The molecule has 1 saturated heterocycles. The van der Waals surface area contributed by atoms with Gasteiger partial charge in [0, 0.05) is 13.1 Å². The van der Waals surface area contributed by atoms with Crippen molar-refractivity contribution in [2.24, 2.45) is 5.41 Å². The molecule has 2 heterocycles. The standard InChI is InChI=1S/C14H27N5/c1-5-19-13(12(15)11(2)17-19)16-10-14(3)6-8-18(4)9-7-14/h16H,5-10,15H2,1-4H3. The minimum Gasteiger partial charge on any atom is -0.394 e. The second-order valence-electron chi connectivity index (χ2n) is 6.13. The highest BCUT2D eigenvalue weighted by Gasteiger charge is 2.29. The molecule has 0 aromatic carbocycles. The molecule has 3 N–H and O–H groups in total. The van der Waals surface area contributed by atoms with Gasteiger partial charge in [-0.15, -0.1) is 0 Å². The summed E-state index contributed by atoms with van der Waals surface area (Å²) in [6, 6.07) is 0. The predicted molar refractivity (Wildman–Crippen MR) is 80.4 cm³/mol. The number of aryl methyl sites for hydroxylation is 2. The Morgan fingerprint density at radius 3 is 2.58 bits per heavy atom. The number of aromatic nitrogens is 2. The van der Waals surface area contributed by atoms with Crippen LogP contribution in [0.3, 0.4) is 0 Å². The fourth-order valence-electron chi connectivity index (χ4n) is 2.64. The lowest BCUT2D eigenvalue weighted by Crippen LogP contribution is -2.40. The Kier molecular flexibility index (Phi) is 4.04. The normalized spacial score (nSPS) is 19.6. The minimum absolute atomic E-state index is 0.357. The van der Waals surface area contributed by atoms with Crippen LogP contribution in [0.1, 0.15) is 32.4 Å². The smallest absolute Gasteiger partial charge is 0.148 e. The molecule has 1 aliphatic heterocycles. The first-order chi connectivity index (χ1) is 8.95. The summed E-state index contributed by atoms with van der Waals surface area (Å²) < 4.78 is 1.96. The topological polar surface area (TPSA) is 59.1 Å². The summed E-state index contributed by atoms with van der Waals surface area (Å²) in [5.41, 5.74) is 8.17. The Morgan fingerprint density at radius 1 is 1.37 bits per heavy atom. The first-order valence-electron chi connectivity index (χ1n) is 7.20. The largest absolute Gasteiger partial charge is 0.394 e. The third-order valence-electron chi connectivity index (χ3n) is 4.35. The first kappa shape index (κ1) is 14.2. The molecule has 0 saturated carbocycles. The van der Waals surface area contributed by atoms with Crippen molar-refractivity contribution in [2.75, 3.05) is 37.7 Å². The van der Waals surface area contributed by atoms with Gasteiger partial charge in [0.15, 0.2) is 0 Å². The van der Waals surface area contributed by atoms with Crippen molar-refractivity contribution in [1.82, 2.24) is 14.7 Å². The average molecular weight is 265 g/mol. The monoisotopic (exact) mass is 265 g/mol. The number of nitrogen functional groups attached to an aromatic ring is 1. The summed E-state index contributed by atoms with van der Waals surface area (Å²) in [7, 11) is 2.19. The number of nitrogens with one attached hydrogen (secondary N) is 1. The maximum atomic E-state index is 6.11. The van der Waals surface area contributed by atoms with Crippen LogP contribution in [0.5, 0.6) is 0 Å². The van der Waals surface area contributed by atoms with Gasteiger partial charge in [0.05, 0.1) is 11.4 Å². The Bertz CT molecular complexity index is 429. The van der Waals surface area contributed by atoms with Crippen LogP contribution < -0.4 is 11.1 Å². The molecule has 108 valence electrons. The second kappa shape index (κ2) is 5.41. The van der Waals surface area contributed by atoms with Crippen molar-refractivity contribution in [2.45, 2.75) is 40.2 Å². The second-order valence-corrected chi connectivity index (χ2v) is 6.13. The van der Waals surface area contributed by atoms with Crippen LogP contribution in [0, 0.1) is 12.3 Å². The summed E-state index contributed by atoms with van der Waals surface area (Å²) in [6.07, 6.45) is 2.46. The zero-order valence-electron chi connectivity index (χ0n) is 12.7. The molecule has 5 nitrogen and oxygen atoms in total. The zero-order chi connectivity index (χ0) is 14.0. The molecule has 0 amide bonds. The molecule has 19 heavy (non-hydrogen) atoms. The van der Waals surface area contributed by atoms with E-state index in [1.807, 2.05) is 11.6 Å². The lowest BCUT2D eigenvalue weighted by molar-refractivity contribution is 0.150. The molecule has 0 unspecified atom stereocenters. The van der Waals surface area contributed by atoms with Gasteiger partial charge in [0.25, 0.3) is 0 Å². The average Bonchev–Trinajstić information content (AvgIpc) is 2.67. The molecule has 0 aliphatic carbocycles. The number of hydrogen-bond acceptors (Lipinski definition) is 4. The third kappa shape index (κ3) is 3.03. The molecule has 0 spiro atoms. The van der Waals surface area contributed by atoms with Crippen LogP contribution >= 0.6 is 0 Å². The van der Waals surface area contributed by atoms with Gasteiger partial charge in [0.1, 0.15) is 5.82 Å². The Labute approximate surface area is 116 Å². The van der Waals surface area contributed by atoms with E-state index in [1.165, 1.54) is 25.9 Å². The van der Waals surface area contributed by atoms with Gasteiger partial charge in [-0.25, -0.2) is 4.68 Å². The summed E-state index contributed by atoms with van der Waals surface area (Å²) in [5, 5.41) is 7.98. The van der Waals surface area contributed by atoms with E-state index in [0.29, 0.717) is 5.41 Å². The van der Waals surface area contributed by atoms with Crippen LogP contribution in [0.25, 0.3) is 0 Å². The van der Waals surface area contributed by atoms with Gasteiger partial charge in [0.2, 0.25) is 0 Å². The van der Waals surface area contributed by atoms with Crippen LogP contribution in [0.2, 0.25) is 0 Å². The summed E-state index contributed by atoms with van der Waals surface area (Å²) in [5.74, 6) is 0.986. The van der Waals surface area contributed by atoms with Crippen LogP contribution in [0.15, 0.2) is 0 Å². The van der Waals surface area contributed by atoms with E-state index in [2.05, 4.69) is 36.2 Å². The number of nitrogens with zero attached hydrogens (tertiary/aromatic N) is 3. The van der Waals surface area contributed by atoms with Crippen molar-refractivity contribution in [3.05, 3.63) is 5.69 Å². The van der Waals surface area contributed by atoms with E-state index in [0.717, 1.165) is 30.3 Å². The molecule has 2 rings (SSSR count). The van der Waals surface area contributed by atoms with E-state index in [1.54, 1.807) is 0 Å². The molecule has 1 fully saturated rings. The highest BCUT2D eigenvalue weighted by molar-refractivity contribution is 5.64. The van der Waals surface area contributed by atoms with E-state index < -0.39 is 0 Å². The first-order valence-corrected chi connectivity index (χ1v) is 7.20. The van der Waals surface area contributed by atoms with Crippen molar-refractivity contribution in [1.29, 1.82) is 0 Å². The predicted octanol–water partition coefficient (Wildman–Crippen LogP) is 1.94. The van der Waals surface area contributed by atoms with Gasteiger partial charge in [-0.2, -0.15) is 5.10 Å². The molecule has 0 bridgehead atoms. The van der Waals surface area contributed by atoms with Crippen molar-refractivity contribution < 1.29 is 0 Å². The Balaban J connectivity index is 2.02. The quantitative estimate of drug-likeness (QED) is 0.873. The Hall–Kier alpha value is -1.23. The Morgan fingerprint density at radius 2 is 2.00 bits per heavy atom. The van der Waals surface area contributed by atoms with Crippen LogP contribution in [0.4, 0.5) is 11.5 Å². The molecular weight excluding hydrogens is 238 g/mol. The number of likely N-dealkylation sites (tertiary alicyclic amines) is 1. The van der Waals surface area contributed by atoms with E-state index in [4.69, 9.17) is 5.73 Å². The van der Waals surface area contributed by atoms with Crippen molar-refractivity contribution in [3.8, 4) is 0 Å². The molecule has 0 radical (unpaired) electrons. The van der Waals surface area contributed by atoms with Crippen LogP contribution in [-0.2, 0) is 6.54 Å². The minimum atomic E-state index is 0.357. The molecule has 1 aliphatic rings. The summed E-state index contributed by atoms with van der Waals surface area (Å²) >= 11 is 0. The highest BCUT2D eigenvalue weighted by atomic mass is 15.3. The van der Waals surface area contributed by atoms with Crippen LogP contribution in [-0.4, -0.2) is 41.4 Å². The van der Waals surface area contributed by atoms with Gasteiger partial charge < -0.3 is 16.0 Å². The fraction of sp³-hybridized carbons (Fsp3) is 0.786. The maximum absolute atomic E-state index is 6.11. The van der Waals surface area contributed by atoms with Crippen molar-refractivity contribution in [3.63, 3.8) is 0 Å². The molecule has 0 atom stereocenters. The van der Waals surface area contributed by atoms with E-state index in [-0.39, 0.29) is 0 Å². The van der Waals surface area contributed by atoms with E-state index >= 15 is 0 Å². The number of nitrogens with two attached hydrogens (primary N) is 1. The fourth-order valence-corrected chi connectivity index (χ4v) is 2.64. The number of piperidine rings is 1. The molecule has 1 aromatic heterocycles. The third-order valence-corrected chi connectivity index (χ3v) is 4.35. The zero-order valence-corrected chi connectivity index (χ0v) is 12.7. The lowest BCUT2D eigenvalue weighted by atomic mass is 9.80. The van der Waals surface area contributed by atoms with Gasteiger partial charge in [-0.05, 0) is 52.2 Å².